The van der Waals surface area contributed by atoms with Crippen LogP contribution in [0.25, 0.3) is 0 Å². The number of aliphatic hydroxyl groups excluding tert-OH is 1. The molecule has 0 spiro atoms. The zero-order valence-electron chi connectivity index (χ0n) is 5.86. The lowest BCUT2D eigenvalue weighted by Gasteiger charge is -2.04. The van der Waals surface area contributed by atoms with E-state index in [9.17, 15) is 0 Å². The summed E-state index contributed by atoms with van der Waals surface area (Å²) in [6.45, 7) is 0. The zero-order chi connectivity index (χ0) is 8.27. The summed E-state index contributed by atoms with van der Waals surface area (Å²) in [5.74, 6) is 2.43. The van der Waals surface area contributed by atoms with Gasteiger partial charge in [-0.15, -0.1) is 6.42 Å². The first-order valence-electron chi connectivity index (χ1n) is 3.10. The maximum absolute atomic E-state index is 9.15. The highest BCUT2D eigenvalue weighted by atomic mass is 16.3. The summed E-state index contributed by atoms with van der Waals surface area (Å²) >= 11 is 0. The van der Waals surface area contributed by atoms with Gasteiger partial charge in [0.25, 0.3) is 0 Å². The van der Waals surface area contributed by atoms with Crippen LogP contribution in [-0.2, 0) is 0 Å². The quantitative estimate of drug-likeness (QED) is 0.564. The van der Waals surface area contributed by atoms with Crippen LogP contribution in [0.5, 0.6) is 0 Å². The molecule has 1 atom stereocenters. The molecule has 11 heavy (non-hydrogen) atoms. The minimum atomic E-state index is -0.955. The van der Waals surface area contributed by atoms with Crippen LogP contribution in [0.15, 0.2) is 18.3 Å². The van der Waals surface area contributed by atoms with Gasteiger partial charge >= 0.3 is 0 Å². The summed E-state index contributed by atoms with van der Waals surface area (Å²) in [5.41, 5.74) is 5.91. The van der Waals surface area contributed by atoms with Crippen LogP contribution in [0.3, 0.4) is 0 Å². The van der Waals surface area contributed by atoms with Crippen molar-refractivity contribution in [2.75, 3.05) is 5.73 Å². The molecule has 0 aromatic carbocycles. The molecule has 0 saturated heterocycles. The summed E-state index contributed by atoms with van der Waals surface area (Å²) in [5, 5.41) is 9.15. The van der Waals surface area contributed by atoms with Gasteiger partial charge in [-0.1, -0.05) is 12.0 Å². The van der Waals surface area contributed by atoms with E-state index in [0.29, 0.717) is 5.56 Å². The van der Waals surface area contributed by atoms with Crippen molar-refractivity contribution in [3.63, 3.8) is 0 Å². The Hall–Kier alpha value is -1.53. The number of aliphatic hydroxyl groups is 1. The fourth-order valence-electron chi connectivity index (χ4n) is 0.751. The SMILES string of the molecule is C#CC(O)c1cccnc1N. The number of anilines is 1. The second-order valence-electron chi connectivity index (χ2n) is 2.05. The predicted molar refractivity (Wildman–Crippen MR) is 42.4 cm³/mol. The largest absolute Gasteiger partial charge is 0.383 e. The Kier molecular flexibility index (Phi) is 2.09. The number of hydrogen-bond acceptors (Lipinski definition) is 3. The first-order chi connectivity index (χ1) is 5.25. The van der Waals surface area contributed by atoms with Crippen molar-refractivity contribution < 1.29 is 5.11 Å². The Morgan fingerprint density at radius 1 is 1.73 bits per heavy atom. The smallest absolute Gasteiger partial charge is 0.143 e. The Morgan fingerprint density at radius 3 is 3.00 bits per heavy atom. The Morgan fingerprint density at radius 2 is 2.45 bits per heavy atom. The third-order valence-corrected chi connectivity index (χ3v) is 1.32. The van der Waals surface area contributed by atoms with Crippen molar-refractivity contribution >= 4 is 5.82 Å². The molecule has 1 rings (SSSR count). The lowest BCUT2D eigenvalue weighted by Crippen LogP contribution is -2.01. The molecule has 0 radical (unpaired) electrons. The van der Waals surface area contributed by atoms with Gasteiger partial charge in [-0.05, 0) is 6.07 Å². The molecule has 0 aliphatic rings. The minimum Gasteiger partial charge on any atom is -0.383 e. The molecule has 1 aromatic rings. The average Bonchev–Trinajstić information content (AvgIpc) is 2.04. The van der Waals surface area contributed by atoms with E-state index in [1.54, 1.807) is 18.3 Å². The van der Waals surface area contributed by atoms with E-state index in [-0.39, 0.29) is 5.82 Å². The van der Waals surface area contributed by atoms with Crippen molar-refractivity contribution in [2.45, 2.75) is 6.10 Å². The Labute approximate surface area is 64.9 Å². The average molecular weight is 148 g/mol. The van der Waals surface area contributed by atoms with Crippen molar-refractivity contribution in [2.24, 2.45) is 0 Å². The number of nitrogen functional groups attached to an aromatic ring is 1. The maximum atomic E-state index is 9.15. The highest BCUT2D eigenvalue weighted by molar-refractivity contribution is 5.42. The molecule has 0 aliphatic heterocycles. The van der Waals surface area contributed by atoms with Crippen molar-refractivity contribution in [3.05, 3.63) is 23.9 Å². The monoisotopic (exact) mass is 148 g/mol. The van der Waals surface area contributed by atoms with E-state index in [1.165, 1.54) is 0 Å². The number of pyridine rings is 1. The van der Waals surface area contributed by atoms with Crippen LogP contribution in [-0.4, -0.2) is 10.1 Å². The second kappa shape index (κ2) is 3.04. The molecule has 0 saturated carbocycles. The number of terminal acetylenes is 1. The van der Waals surface area contributed by atoms with Gasteiger partial charge in [0.15, 0.2) is 0 Å². The van der Waals surface area contributed by atoms with Crippen LogP contribution in [0.2, 0.25) is 0 Å². The van der Waals surface area contributed by atoms with Gasteiger partial charge in [0.05, 0.1) is 0 Å². The Balaban J connectivity index is 3.05. The van der Waals surface area contributed by atoms with Crippen molar-refractivity contribution in [1.82, 2.24) is 4.98 Å². The number of nitrogens with zero attached hydrogens (tertiary/aromatic N) is 1. The van der Waals surface area contributed by atoms with E-state index >= 15 is 0 Å². The molecule has 3 nitrogen and oxygen atoms in total. The summed E-state index contributed by atoms with van der Waals surface area (Å²) < 4.78 is 0. The fourth-order valence-corrected chi connectivity index (χ4v) is 0.751. The first kappa shape index (κ1) is 7.58. The predicted octanol–water partition coefficient (Wildman–Crippen LogP) is 0.330. The summed E-state index contributed by atoms with van der Waals surface area (Å²) in [7, 11) is 0. The lowest BCUT2D eigenvalue weighted by atomic mass is 10.1. The third kappa shape index (κ3) is 1.48. The molecule has 1 unspecified atom stereocenters. The minimum absolute atomic E-state index is 0.276. The van der Waals surface area contributed by atoms with Gasteiger partial charge in [-0.3, -0.25) is 0 Å². The van der Waals surface area contributed by atoms with E-state index in [1.807, 2.05) is 0 Å². The van der Waals surface area contributed by atoms with E-state index in [4.69, 9.17) is 17.3 Å². The highest BCUT2D eigenvalue weighted by Gasteiger charge is 2.06. The van der Waals surface area contributed by atoms with Crippen LogP contribution in [0.1, 0.15) is 11.7 Å². The third-order valence-electron chi connectivity index (χ3n) is 1.32. The van der Waals surface area contributed by atoms with Crippen LogP contribution in [0.4, 0.5) is 5.82 Å². The van der Waals surface area contributed by atoms with Crippen LogP contribution >= 0.6 is 0 Å². The van der Waals surface area contributed by atoms with E-state index in [2.05, 4.69) is 10.9 Å². The molecule has 56 valence electrons. The number of rotatable bonds is 1. The molecular formula is C8H8N2O. The van der Waals surface area contributed by atoms with Gasteiger partial charge in [-0.25, -0.2) is 4.98 Å². The fraction of sp³-hybridized carbons (Fsp3) is 0.125. The number of nitrogens with two attached hydrogens (primary N) is 1. The van der Waals surface area contributed by atoms with E-state index in [0.717, 1.165) is 0 Å². The standard InChI is InChI=1S/C8H8N2O/c1-2-7(11)6-4-3-5-10-8(6)9/h1,3-5,7,11H,(H2,9,10). The van der Waals surface area contributed by atoms with Crippen LogP contribution < -0.4 is 5.73 Å². The Bertz CT molecular complexity index is 290. The van der Waals surface area contributed by atoms with Crippen molar-refractivity contribution in [3.8, 4) is 12.3 Å². The summed E-state index contributed by atoms with van der Waals surface area (Å²) in [6, 6.07) is 3.32. The molecule has 0 fully saturated rings. The number of aromatic nitrogens is 1. The van der Waals surface area contributed by atoms with Gasteiger partial charge < -0.3 is 10.8 Å². The molecular weight excluding hydrogens is 140 g/mol. The highest BCUT2D eigenvalue weighted by Crippen LogP contribution is 2.15. The molecule has 1 heterocycles. The van der Waals surface area contributed by atoms with Crippen LogP contribution in [0, 0.1) is 12.3 Å². The topological polar surface area (TPSA) is 59.1 Å². The lowest BCUT2D eigenvalue weighted by molar-refractivity contribution is 0.239. The zero-order valence-corrected chi connectivity index (χ0v) is 5.86. The molecule has 0 bridgehead atoms. The summed E-state index contributed by atoms with van der Waals surface area (Å²) in [4.78, 5) is 3.77. The number of hydrogen-bond donors (Lipinski definition) is 2. The normalized spacial score (nSPS) is 12.0. The maximum Gasteiger partial charge on any atom is 0.143 e. The summed E-state index contributed by atoms with van der Waals surface area (Å²) in [6.07, 6.45) is 5.58. The van der Waals surface area contributed by atoms with Gasteiger partial charge in [0.2, 0.25) is 0 Å². The molecule has 3 N–H and O–H groups in total. The van der Waals surface area contributed by atoms with Gasteiger partial charge in [0.1, 0.15) is 11.9 Å². The second-order valence-corrected chi connectivity index (χ2v) is 2.05. The first-order valence-corrected chi connectivity index (χ1v) is 3.10. The molecule has 0 amide bonds. The molecule has 0 aliphatic carbocycles. The van der Waals surface area contributed by atoms with Crippen molar-refractivity contribution in [1.29, 1.82) is 0 Å². The molecule has 1 aromatic heterocycles. The molecule has 3 heteroatoms. The van der Waals surface area contributed by atoms with Gasteiger partial charge in [-0.2, -0.15) is 0 Å². The van der Waals surface area contributed by atoms with E-state index < -0.39 is 6.10 Å². The van der Waals surface area contributed by atoms with Gasteiger partial charge in [0, 0.05) is 11.8 Å².